The second kappa shape index (κ2) is 8.60. The first-order valence-electron chi connectivity index (χ1n) is 6.55. The summed E-state index contributed by atoms with van der Waals surface area (Å²) in [7, 11) is 0. The van der Waals surface area contributed by atoms with Crippen LogP contribution in [0, 0.1) is 5.92 Å². The third kappa shape index (κ3) is 5.63. The molecule has 0 aromatic heterocycles. The second-order valence-electron chi connectivity index (χ2n) is 4.57. The Labute approximate surface area is 123 Å². The largest absolute Gasteiger partial charge is 0.369 e. The van der Waals surface area contributed by atoms with Crippen LogP contribution < -0.4 is 16.8 Å². The van der Waals surface area contributed by atoms with E-state index in [0.29, 0.717) is 12.2 Å². The Hall–Kier alpha value is -1.53. The zero-order valence-corrected chi connectivity index (χ0v) is 12.4. The van der Waals surface area contributed by atoms with Crippen LogP contribution in [0.3, 0.4) is 0 Å². The third-order valence-electron chi connectivity index (χ3n) is 2.80. The van der Waals surface area contributed by atoms with Crippen molar-refractivity contribution in [3.05, 3.63) is 24.3 Å². The average molecular weight is 295 g/mol. The number of amides is 2. The summed E-state index contributed by atoms with van der Waals surface area (Å²) in [6, 6.07) is 7.37. The number of primary amides is 1. The summed E-state index contributed by atoms with van der Waals surface area (Å²) in [6.07, 6.45) is 1.59. The van der Waals surface area contributed by atoms with Crippen LogP contribution in [-0.4, -0.2) is 24.1 Å². The van der Waals surface area contributed by atoms with E-state index in [-0.39, 0.29) is 23.5 Å². The first kappa shape index (κ1) is 16.5. The summed E-state index contributed by atoms with van der Waals surface area (Å²) in [6.45, 7) is 2.47. The van der Waals surface area contributed by atoms with Gasteiger partial charge in [-0.1, -0.05) is 19.1 Å². The highest BCUT2D eigenvalue weighted by Gasteiger charge is 2.14. The molecule has 1 aromatic carbocycles. The van der Waals surface area contributed by atoms with Gasteiger partial charge in [-0.05, 0) is 31.5 Å². The van der Waals surface area contributed by atoms with E-state index >= 15 is 0 Å². The maximum Gasteiger partial charge on any atom is 0.227 e. The smallest absolute Gasteiger partial charge is 0.227 e. The van der Waals surface area contributed by atoms with Gasteiger partial charge in [-0.15, -0.1) is 11.8 Å². The Kier molecular flexibility index (Phi) is 7.11. The van der Waals surface area contributed by atoms with Crippen LogP contribution in [0.15, 0.2) is 29.2 Å². The molecule has 0 radical (unpaired) electrons. The molecule has 0 aliphatic rings. The number of rotatable bonds is 8. The molecule has 1 unspecified atom stereocenters. The number of benzene rings is 1. The molecular weight excluding hydrogens is 274 g/mol. The van der Waals surface area contributed by atoms with Crippen molar-refractivity contribution >= 4 is 29.3 Å². The first-order chi connectivity index (χ1) is 9.54. The quantitative estimate of drug-likeness (QED) is 0.634. The molecule has 1 aromatic rings. The van der Waals surface area contributed by atoms with Gasteiger partial charge < -0.3 is 16.8 Å². The molecule has 0 heterocycles. The van der Waals surface area contributed by atoms with Gasteiger partial charge in [-0.3, -0.25) is 9.59 Å². The minimum atomic E-state index is -0.382. The van der Waals surface area contributed by atoms with Crippen molar-refractivity contribution in [1.29, 1.82) is 0 Å². The van der Waals surface area contributed by atoms with E-state index in [1.807, 2.05) is 31.2 Å². The van der Waals surface area contributed by atoms with Crippen LogP contribution in [0.5, 0.6) is 0 Å². The monoisotopic (exact) mass is 295 g/mol. The molecule has 1 atom stereocenters. The maximum atomic E-state index is 12.1. The molecule has 5 nitrogen and oxygen atoms in total. The highest BCUT2D eigenvalue weighted by atomic mass is 32.2. The van der Waals surface area contributed by atoms with Gasteiger partial charge in [0.2, 0.25) is 11.8 Å². The SMILES string of the molecule is CC(CCCN)C(=O)Nc1ccccc1SCC(N)=O. The minimum Gasteiger partial charge on any atom is -0.369 e. The Bertz CT molecular complexity index is 465. The fraction of sp³-hybridized carbons (Fsp3) is 0.429. The number of nitrogens with one attached hydrogen (secondary N) is 1. The summed E-state index contributed by atoms with van der Waals surface area (Å²) in [5, 5.41) is 2.89. The van der Waals surface area contributed by atoms with Crippen molar-refractivity contribution in [3.8, 4) is 0 Å². The number of carbonyl (C=O) groups excluding carboxylic acids is 2. The lowest BCUT2D eigenvalue weighted by molar-refractivity contribution is -0.119. The topological polar surface area (TPSA) is 98.2 Å². The molecule has 0 aliphatic heterocycles. The van der Waals surface area contributed by atoms with Crippen molar-refractivity contribution in [2.24, 2.45) is 17.4 Å². The Morgan fingerprint density at radius 2 is 2.05 bits per heavy atom. The molecule has 0 aliphatic carbocycles. The van der Waals surface area contributed by atoms with E-state index in [1.165, 1.54) is 11.8 Å². The van der Waals surface area contributed by atoms with Gasteiger partial charge >= 0.3 is 0 Å². The van der Waals surface area contributed by atoms with E-state index < -0.39 is 0 Å². The predicted molar refractivity (Wildman–Crippen MR) is 82.4 cm³/mol. The number of hydrogen-bond donors (Lipinski definition) is 3. The van der Waals surface area contributed by atoms with Gasteiger partial charge in [-0.2, -0.15) is 0 Å². The number of para-hydroxylation sites is 1. The van der Waals surface area contributed by atoms with E-state index in [2.05, 4.69) is 5.32 Å². The number of nitrogens with two attached hydrogens (primary N) is 2. The zero-order chi connectivity index (χ0) is 15.0. The van der Waals surface area contributed by atoms with E-state index in [1.54, 1.807) is 0 Å². The number of anilines is 1. The number of carbonyl (C=O) groups is 2. The highest BCUT2D eigenvalue weighted by molar-refractivity contribution is 8.00. The Morgan fingerprint density at radius 3 is 2.70 bits per heavy atom. The lowest BCUT2D eigenvalue weighted by atomic mass is 10.0. The predicted octanol–water partition coefficient (Wildman–Crippen LogP) is 1.58. The third-order valence-corrected chi connectivity index (χ3v) is 3.90. The molecule has 20 heavy (non-hydrogen) atoms. The molecule has 0 saturated carbocycles. The Morgan fingerprint density at radius 1 is 1.35 bits per heavy atom. The molecule has 2 amide bonds. The van der Waals surface area contributed by atoms with Gasteiger partial charge in [0, 0.05) is 10.8 Å². The van der Waals surface area contributed by atoms with Crippen molar-refractivity contribution in [2.75, 3.05) is 17.6 Å². The highest BCUT2D eigenvalue weighted by Crippen LogP contribution is 2.27. The van der Waals surface area contributed by atoms with E-state index in [9.17, 15) is 9.59 Å². The van der Waals surface area contributed by atoms with Gasteiger partial charge in [0.1, 0.15) is 0 Å². The molecule has 1 rings (SSSR count). The molecule has 0 saturated heterocycles. The van der Waals surface area contributed by atoms with Crippen LogP contribution in [-0.2, 0) is 9.59 Å². The van der Waals surface area contributed by atoms with Gasteiger partial charge in [0.05, 0.1) is 11.4 Å². The molecule has 110 valence electrons. The maximum absolute atomic E-state index is 12.1. The second-order valence-corrected chi connectivity index (χ2v) is 5.59. The molecule has 5 N–H and O–H groups in total. The van der Waals surface area contributed by atoms with Crippen LogP contribution in [0.2, 0.25) is 0 Å². The molecule has 0 bridgehead atoms. The van der Waals surface area contributed by atoms with Crippen molar-refractivity contribution in [2.45, 2.75) is 24.7 Å². The average Bonchev–Trinajstić information content (AvgIpc) is 2.43. The minimum absolute atomic E-state index is 0.0365. The Balaban J connectivity index is 2.66. The van der Waals surface area contributed by atoms with Crippen molar-refractivity contribution in [3.63, 3.8) is 0 Å². The molecular formula is C14H21N3O2S. The number of hydrogen-bond acceptors (Lipinski definition) is 4. The van der Waals surface area contributed by atoms with Gasteiger partial charge in [-0.25, -0.2) is 0 Å². The molecule has 6 heteroatoms. The van der Waals surface area contributed by atoms with Crippen molar-refractivity contribution < 1.29 is 9.59 Å². The fourth-order valence-electron chi connectivity index (χ4n) is 1.66. The van der Waals surface area contributed by atoms with E-state index in [0.717, 1.165) is 17.7 Å². The van der Waals surface area contributed by atoms with Crippen molar-refractivity contribution in [1.82, 2.24) is 0 Å². The zero-order valence-electron chi connectivity index (χ0n) is 11.6. The molecule has 0 fully saturated rings. The summed E-state index contributed by atoms with van der Waals surface area (Å²) >= 11 is 1.32. The fourth-order valence-corrected chi connectivity index (χ4v) is 2.40. The summed E-state index contributed by atoms with van der Waals surface area (Å²) in [5.41, 5.74) is 11.3. The molecule has 0 spiro atoms. The summed E-state index contributed by atoms with van der Waals surface area (Å²) < 4.78 is 0. The van der Waals surface area contributed by atoms with Crippen LogP contribution >= 0.6 is 11.8 Å². The normalized spacial score (nSPS) is 11.9. The summed E-state index contributed by atoms with van der Waals surface area (Å²) in [5.74, 6) is -0.318. The summed E-state index contributed by atoms with van der Waals surface area (Å²) in [4.78, 5) is 23.7. The van der Waals surface area contributed by atoms with Crippen LogP contribution in [0.1, 0.15) is 19.8 Å². The van der Waals surface area contributed by atoms with Gasteiger partial charge in [0.25, 0.3) is 0 Å². The lowest BCUT2D eigenvalue weighted by Crippen LogP contribution is -2.21. The van der Waals surface area contributed by atoms with Crippen LogP contribution in [0.25, 0.3) is 0 Å². The standard InChI is InChI=1S/C14H21N3O2S/c1-10(5-4-8-15)14(19)17-11-6-2-3-7-12(11)20-9-13(16)18/h2-3,6-7,10H,4-5,8-9,15H2,1H3,(H2,16,18)(H,17,19). The first-order valence-corrected chi connectivity index (χ1v) is 7.54. The van der Waals surface area contributed by atoms with Crippen LogP contribution in [0.4, 0.5) is 5.69 Å². The van der Waals surface area contributed by atoms with Gasteiger partial charge in [0.15, 0.2) is 0 Å². The lowest BCUT2D eigenvalue weighted by Gasteiger charge is -2.14. The number of thioether (sulfide) groups is 1. The van der Waals surface area contributed by atoms with E-state index in [4.69, 9.17) is 11.5 Å².